The highest BCUT2D eigenvalue weighted by atomic mass is 16.5. The van der Waals surface area contributed by atoms with Crippen molar-refractivity contribution in [2.75, 3.05) is 19.0 Å². The van der Waals surface area contributed by atoms with Gasteiger partial charge in [-0.05, 0) is 24.3 Å². The molecule has 0 aliphatic carbocycles. The molecule has 0 unspecified atom stereocenters. The maximum absolute atomic E-state index is 12.0. The van der Waals surface area contributed by atoms with Gasteiger partial charge in [0.2, 0.25) is 0 Å². The SMILES string of the molecule is CN(C)c1cccc(OC(=O)c2ccc(C=O)cc2)c1. The first-order valence-corrected chi connectivity index (χ1v) is 6.15. The van der Waals surface area contributed by atoms with Crippen LogP contribution in [0.25, 0.3) is 0 Å². The third-order valence-electron chi connectivity index (χ3n) is 2.83. The average Bonchev–Trinajstić information content (AvgIpc) is 2.47. The first-order valence-electron chi connectivity index (χ1n) is 6.15. The van der Waals surface area contributed by atoms with E-state index in [4.69, 9.17) is 4.74 Å². The largest absolute Gasteiger partial charge is 0.423 e. The van der Waals surface area contributed by atoms with Gasteiger partial charge in [0.15, 0.2) is 0 Å². The second-order valence-corrected chi connectivity index (χ2v) is 4.52. The Morgan fingerprint density at radius 1 is 1.10 bits per heavy atom. The number of esters is 1. The minimum atomic E-state index is -0.446. The molecule has 0 N–H and O–H groups in total. The van der Waals surface area contributed by atoms with Crippen molar-refractivity contribution in [2.24, 2.45) is 0 Å². The van der Waals surface area contributed by atoms with E-state index in [1.54, 1.807) is 36.4 Å². The summed E-state index contributed by atoms with van der Waals surface area (Å²) >= 11 is 0. The molecule has 2 rings (SSSR count). The van der Waals surface area contributed by atoms with Gasteiger partial charge in [0, 0.05) is 31.4 Å². The van der Waals surface area contributed by atoms with E-state index in [1.165, 1.54) is 0 Å². The molecule has 2 aromatic carbocycles. The lowest BCUT2D eigenvalue weighted by Crippen LogP contribution is -2.11. The molecule has 0 saturated heterocycles. The summed E-state index contributed by atoms with van der Waals surface area (Å²) in [5.74, 6) is 0.0408. The Balaban J connectivity index is 2.14. The molecule has 0 spiro atoms. The fourth-order valence-corrected chi connectivity index (χ4v) is 1.69. The Bertz CT molecular complexity index is 618. The number of carbonyl (C=O) groups is 2. The molecule has 4 nitrogen and oxygen atoms in total. The lowest BCUT2D eigenvalue weighted by Gasteiger charge is -2.13. The van der Waals surface area contributed by atoms with Crippen LogP contribution in [0.2, 0.25) is 0 Å². The summed E-state index contributed by atoms with van der Waals surface area (Å²) in [6.45, 7) is 0. The highest BCUT2D eigenvalue weighted by Gasteiger charge is 2.09. The first kappa shape index (κ1) is 13.8. The van der Waals surface area contributed by atoms with Gasteiger partial charge in [-0.15, -0.1) is 0 Å². The topological polar surface area (TPSA) is 46.6 Å². The monoisotopic (exact) mass is 269 g/mol. The van der Waals surface area contributed by atoms with E-state index in [9.17, 15) is 9.59 Å². The average molecular weight is 269 g/mol. The maximum Gasteiger partial charge on any atom is 0.343 e. The van der Waals surface area contributed by atoms with Crippen LogP contribution in [-0.2, 0) is 0 Å². The van der Waals surface area contributed by atoms with E-state index < -0.39 is 5.97 Å². The number of benzene rings is 2. The molecule has 4 heteroatoms. The van der Waals surface area contributed by atoms with Crippen molar-refractivity contribution in [1.82, 2.24) is 0 Å². The molecule has 0 aromatic heterocycles. The zero-order valence-corrected chi connectivity index (χ0v) is 11.4. The molecule has 2 aromatic rings. The lowest BCUT2D eigenvalue weighted by molar-refractivity contribution is 0.0734. The number of anilines is 1. The van der Waals surface area contributed by atoms with E-state index >= 15 is 0 Å². The predicted molar refractivity (Wildman–Crippen MR) is 77.6 cm³/mol. The smallest absolute Gasteiger partial charge is 0.343 e. The summed E-state index contributed by atoms with van der Waals surface area (Å²) in [7, 11) is 3.83. The second-order valence-electron chi connectivity index (χ2n) is 4.52. The van der Waals surface area contributed by atoms with Gasteiger partial charge >= 0.3 is 5.97 Å². The van der Waals surface area contributed by atoms with Gasteiger partial charge in [-0.1, -0.05) is 18.2 Å². The maximum atomic E-state index is 12.0. The van der Waals surface area contributed by atoms with Crippen molar-refractivity contribution in [2.45, 2.75) is 0 Å². The lowest BCUT2D eigenvalue weighted by atomic mass is 10.1. The second kappa shape index (κ2) is 6.02. The molecule has 0 bridgehead atoms. The molecule has 0 atom stereocenters. The molecule has 0 fully saturated rings. The minimum Gasteiger partial charge on any atom is -0.423 e. The third kappa shape index (κ3) is 3.23. The zero-order chi connectivity index (χ0) is 14.5. The van der Waals surface area contributed by atoms with E-state index in [2.05, 4.69) is 0 Å². The van der Waals surface area contributed by atoms with Crippen molar-refractivity contribution >= 4 is 17.9 Å². The molecule has 0 radical (unpaired) electrons. The van der Waals surface area contributed by atoms with Crippen molar-refractivity contribution < 1.29 is 14.3 Å². The molecule has 0 heterocycles. The fraction of sp³-hybridized carbons (Fsp3) is 0.125. The summed E-state index contributed by atoms with van der Waals surface area (Å²) in [5, 5.41) is 0. The molecule has 0 aliphatic rings. The summed E-state index contributed by atoms with van der Waals surface area (Å²) in [6.07, 6.45) is 0.732. The van der Waals surface area contributed by atoms with Gasteiger partial charge in [0.05, 0.1) is 5.56 Å². The Kier molecular flexibility index (Phi) is 4.15. The van der Waals surface area contributed by atoms with Crippen molar-refractivity contribution in [3.05, 3.63) is 59.7 Å². The number of nitrogens with zero attached hydrogens (tertiary/aromatic N) is 1. The summed E-state index contributed by atoms with van der Waals surface area (Å²) < 4.78 is 5.31. The van der Waals surface area contributed by atoms with Crippen molar-refractivity contribution in [3.8, 4) is 5.75 Å². The summed E-state index contributed by atoms with van der Waals surface area (Å²) in [4.78, 5) is 24.5. The molecular formula is C16H15NO3. The standard InChI is InChI=1S/C16H15NO3/c1-17(2)14-4-3-5-15(10-14)20-16(19)13-8-6-12(11-18)7-9-13/h3-11H,1-2H3. The molecule has 0 saturated carbocycles. The first-order chi connectivity index (χ1) is 9.60. The molecule has 20 heavy (non-hydrogen) atoms. The van der Waals surface area contributed by atoms with Crippen LogP contribution in [-0.4, -0.2) is 26.4 Å². The van der Waals surface area contributed by atoms with E-state index in [1.807, 2.05) is 31.1 Å². The third-order valence-corrected chi connectivity index (χ3v) is 2.83. The highest BCUT2D eigenvalue weighted by Crippen LogP contribution is 2.20. The normalized spacial score (nSPS) is 9.90. The number of hydrogen-bond donors (Lipinski definition) is 0. The van der Waals surface area contributed by atoms with Gasteiger partial charge in [-0.25, -0.2) is 4.79 Å². The van der Waals surface area contributed by atoms with Crippen LogP contribution in [0.5, 0.6) is 5.75 Å². The number of carbonyl (C=O) groups excluding carboxylic acids is 2. The van der Waals surface area contributed by atoms with E-state index in [0.29, 0.717) is 16.9 Å². The summed E-state index contributed by atoms with van der Waals surface area (Å²) in [6, 6.07) is 13.6. The Morgan fingerprint density at radius 3 is 2.40 bits per heavy atom. The van der Waals surface area contributed by atoms with Gasteiger partial charge in [-0.3, -0.25) is 4.79 Å². The van der Waals surface area contributed by atoms with Crippen LogP contribution in [0, 0.1) is 0 Å². The Labute approximate surface area is 117 Å². The van der Waals surface area contributed by atoms with Crippen LogP contribution in [0.15, 0.2) is 48.5 Å². The number of rotatable bonds is 4. The van der Waals surface area contributed by atoms with E-state index in [0.717, 1.165) is 12.0 Å². The molecule has 0 aliphatic heterocycles. The minimum absolute atomic E-state index is 0.408. The van der Waals surface area contributed by atoms with Crippen molar-refractivity contribution in [1.29, 1.82) is 0 Å². The number of aldehydes is 1. The Morgan fingerprint density at radius 2 is 1.80 bits per heavy atom. The van der Waals surface area contributed by atoms with Crippen LogP contribution in [0.4, 0.5) is 5.69 Å². The van der Waals surface area contributed by atoms with E-state index in [-0.39, 0.29) is 0 Å². The zero-order valence-electron chi connectivity index (χ0n) is 11.4. The Hall–Kier alpha value is -2.62. The van der Waals surface area contributed by atoms with Gasteiger partial charge in [0.1, 0.15) is 12.0 Å². The van der Waals surface area contributed by atoms with Gasteiger partial charge in [0.25, 0.3) is 0 Å². The van der Waals surface area contributed by atoms with Crippen molar-refractivity contribution in [3.63, 3.8) is 0 Å². The highest BCUT2D eigenvalue weighted by molar-refractivity contribution is 5.92. The molecular weight excluding hydrogens is 254 g/mol. The summed E-state index contributed by atoms with van der Waals surface area (Å²) in [5.41, 5.74) is 1.88. The molecule has 0 amide bonds. The molecule has 102 valence electrons. The number of hydrogen-bond acceptors (Lipinski definition) is 4. The quantitative estimate of drug-likeness (QED) is 0.486. The van der Waals surface area contributed by atoms with Crippen LogP contribution >= 0.6 is 0 Å². The predicted octanol–water partition coefficient (Wildman–Crippen LogP) is 2.78. The van der Waals surface area contributed by atoms with Crippen LogP contribution in [0.1, 0.15) is 20.7 Å². The van der Waals surface area contributed by atoms with Gasteiger partial charge in [-0.2, -0.15) is 0 Å². The number of ether oxygens (including phenoxy) is 1. The van der Waals surface area contributed by atoms with Gasteiger partial charge < -0.3 is 9.64 Å². The van der Waals surface area contributed by atoms with Crippen LogP contribution in [0.3, 0.4) is 0 Å². The fourth-order valence-electron chi connectivity index (χ4n) is 1.69. The van der Waals surface area contributed by atoms with Crippen LogP contribution < -0.4 is 9.64 Å².